The number of ether oxygens (including phenoxy) is 1. The highest BCUT2D eigenvalue weighted by Crippen LogP contribution is 2.29. The molecule has 0 radical (unpaired) electrons. The monoisotopic (exact) mass is 410 g/mol. The molecule has 3 rings (SSSR count). The smallest absolute Gasteiger partial charge is 0.245 e. The van der Waals surface area contributed by atoms with Crippen LogP contribution in [0.5, 0.6) is 11.5 Å². The summed E-state index contributed by atoms with van der Waals surface area (Å²) in [5.41, 5.74) is 1.89. The molecule has 6 nitrogen and oxygen atoms in total. The molecule has 0 saturated heterocycles. The predicted octanol–water partition coefficient (Wildman–Crippen LogP) is 4.19. The number of carbonyl (C=O) groups is 1. The van der Waals surface area contributed by atoms with Crippen LogP contribution in [0.4, 0.5) is 11.4 Å². The molecule has 0 heterocycles. The van der Waals surface area contributed by atoms with Gasteiger partial charge < -0.3 is 10.1 Å². The molecule has 150 valence electrons. The molecule has 3 aromatic rings. The Morgan fingerprint density at radius 3 is 2.21 bits per heavy atom. The van der Waals surface area contributed by atoms with Crippen LogP contribution in [0.25, 0.3) is 0 Å². The van der Waals surface area contributed by atoms with Gasteiger partial charge in [0.2, 0.25) is 15.9 Å². The van der Waals surface area contributed by atoms with E-state index in [0.717, 1.165) is 16.1 Å². The van der Waals surface area contributed by atoms with E-state index in [1.165, 1.54) is 0 Å². The van der Waals surface area contributed by atoms with Crippen LogP contribution in [0.1, 0.15) is 5.56 Å². The first kappa shape index (κ1) is 20.4. The van der Waals surface area contributed by atoms with E-state index in [0.29, 0.717) is 22.9 Å². The Balaban J connectivity index is 1.78. The molecular formula is C22H22N2O4S. The standard InChI is InChI=1S/C22H22N2O4S/c1-17-12-14-18(15-13-17)24(29(2,26)27)16-22(25)23-20-10-6-7-11-21(20)28-19-8-4-3-5-9-19/h3-15H,16H2,1-2H3,(H,23,25). The molecule has 0 bridgehead atoms. The van der Waals surface area contributed by atoms with Gasteiger partial charge >= 0.3 is 0 Å². The van der Waals surface area contributed by atoms with E-state index < -0.39 is 15.9 Å². The Morgan fingerprint density at radius 1 is 0.931 bits per heavy atom. The van der Waals surface area contributed by atoms with Gasteiger partial charge in [0.25, 0.3) is 0 Å². The maximum atomic E-state index is 12.6. The lowest BCUT2D eigenvalue weighted by Gasteiger charge is -2.22. The lowest BCUT2D eigenvalue weighted by Crippen LogP contribution is -2.37. The normalized spacial score (nSPS) is 11.0. The second kappa shape index (κ2) is 8.79. The lowest BCUT2D eigenvalue weighted by molar-refractivity contribution is -0.114. The number of amides is 1. The zero-order chi connectivity index (χ0) is 20.9. The van der Waals surface area contributed by atoms with Gasteiger partial charge in [0.1, 0.15) is 12.3 Å². The third kappa shape index (κ3) is 5.58. The summed E-state index contributed by atoms with van der Waals surface area (Å²) >= 11 is 0. The fourth-order valence-corrected chi connectivity index (χ4v) is 3.56. The van der Waals surface area contributed by atoms with Crippen molar-refractivity contribution in [1.29, 1.82) is 0 Å². The molecule has 0 fully saturated rings. The quantitative estimate of drug-likeness (QED) is 0.634. The van der Waals surface area contributed by atoms with Crippen LogP contribution in [0.3, 0.4) is 0 Å². The topological polar surface area (TPSA) is 75.7 Å². The number of hydrogen-bond donors (Lipinski definition) is 1. The van der Waals surface area contributed by atoms with Crippen LogP contribution in [0.15, 0.2) is 78.9 Å². The fourth-order valence-electron chi connectivity index (χ4n) is 2.71. The van der Waals surface area contributed by atoms with Gasteiger partial charge in [0.15, 0.2) is 5.75 Å². The summed E-state index contributed by atoms with van der Waals surface area (Å²) in [6.45, 7) is 1.56. The van der Waals surface area contributed by atoms with Crippen molar-refractivity contribution in [3.63, 3.8) is 0 Å². The van der Waals surface area contributed by atoms with Crippen LogP contribution in [-0.4, -0.2) is 27.1 Å². The van der Waals surface area contributed by atoms with Crippen molar-refractivity contribution >= 4 is 27.3 Å². The molecule has 3 aromatic carbocycles. The molecule has 0 atom stereocenters. The van der Waals surface area contributed by atoms with E-state index in [1.807, 2.05) is 25.1 Å². The van der Waals surface area contributed by atoms with Crippen molar-refractivity contribution in [3.8, 4) is 11.5 Å². The van der Waals surface area contributed by atoms with Gasteiger partial charge in [-0.25, -0.2) is 8.42 Å². The Hall–Kier alpha value is -3.32. The van der Waals surface area contributed by atoms with Gasteiger partial charge in [-0.05, 0) is 43.3 Å². The maximum absolute atomic E-state index is 12.6. The van der Waals surface area contributed by atoms with Crippen molar-refractivity contribution < 1.29 is 17.9 Å². The summed E-state index contributed by atoms with van der Waals surface area (Å²) in [5.74, 6) is 0.625. The minimum absolute atomic E-state index is 0.346. The number of para-hydroxylation sites is 3. The highest BCUT2D eigenvalue weighted by molar-refractivity contribution is 7.92. The van der Waals surface area contributed by atoms with Gasteiger partial charge in [0.05, 0.1) is 17.6 Å². The Bertz CT molecular complexity index is 1080. The van der Waals surface area contributed by atoms with Gasteiger partial charge in [-0.15, -0.1) is 0 Å². The average Bonchev–Trinajstić information content (AvgIpc) is 2.68. The van der Waals surface area contributed by atoms with E-state index in [4.69, 9.17) is 4.74 Å². The van der Waals surface area contributed by atoms with Gasteiger partial charge in [0, 0.05) is 0 Å². The molecule has 0 aliphatic carbocycles. The summed E-state index contributed by atoms with van der Waals surface area (Å²) in [5, 5.41) is 2.74. The van der Waals surface area contributed by atoms with Crippen LogP contribution >= 0.6 is 0 Å². The van der Waals surface area contributed by atoms with Crippen molar-refractivity contribution in [2.75, 3.05) is 22.4 Å². The number of hydrogen-bond acceptors (Lipinski definition) is 4. The number of anilines is 2. The first-order valence-electron chi connectivity index (χ1n) is 8.99. The number of nitrogens with one attached hydrogen (secondary N) is 1. The van der Waals surface area contributed by atoms with E-state index in [1.54, 1.807) is 60.7 Å². The molecule has 0 saturated carbocycles. The molecule has 0 aliphatic heterocycles. The van der Waals surface area contributed by atoms with Crippen LogP contribution in [-0.2, 0) is 14.8 Å². The van der Waals surface area contributed by atoms with Gasteiger partial charge in [-0.2, -0.15) is 0 Å². The first-order chi connectivity index (χ1) is 13.8. The third-order valence-corrected chi connectivity index (χ3v) is 5.28. The number of nitrogens with zero attached hydrogens (tertiary/aromatic N) is 1. The largest absolute Gasteiger partial charge is 0.455 e. The molecule has 0 aromatic heterocycles. The average molecular weight is 410 g/mol. The Labute approximate surface area is 170 Å². The van der Waals surface area contributed by atoms with Crippen LogP contribution < -0.4 is 14.4 Å². The summed E-state index contributed by atoms with van der Waals surface area (Å²) in [6.07, 6.45) is 1.08. The minimum atomic E-state index is -3.64. The van der Waals surface area contributed by atoms with Crippen LogP contribution in [0.2, 0.25) is 0 Å². The van der Waals surface area contributed by atoms with Crippen LogP contribution in [0, 0.1) is 6.92 Å². The minimum Gasteiger partial charge on any atom is -0.455 e. The molecule has 1 amide bonds. The lowest BCUT2D eigenvalue weighted by atomic mass is 10.2. The van der Waals surface area contributed by atoms with E-state index >= 15 is 0 Å². The SMILES string of the molecule is Cc1ccc(N(CC(=O)Nc2ccccc2Oc2ccccc2)S(C)(=O)=O)cc1. The summed E-state index contributed by atoms with van der Waals surface area (Å²) < 4.78 is 31.4. The highest BCUT2D eigenvalue weighted by Gasteiger charge is 2.21. The molecule has 29 heavy (non-hydrogen) atoms. The number of carbonyl (C=O) groups excluding carboxylic acids is 1. The van der Waals surface area contributed by atoms with E-state index in [2.05, 4.69) is 5.32 Å². The fraction of sp³-hybridized carbons (Fsp3) is 0.136. The highest BCUT2D eigenvalue weighted by atomic mass is 32.2. The Morgan fingerprint density at radius 2 is 1.55 bits per heavy atom. The second-order valence-electron chi connectivity index (χ2n) is 6.56. The number of sulfonamides is 1. The van der Waals surface area contributed by atoms with Crippen molar-refractivity contribution in [2.45, 2.75) is 6.92 Å². The summed E-state index contributed by atoms with van der Waals surface area (Å²) in [4.78, 5) is 12.6. The van der Waals surface area contributed by atoms with E-state index in [9.17, 15) is 13.2 Å². The van der Waals surface area contributed by atoms with Gasteiger partial charge in [-0.3, -0.25) is 9.10 Å². The van der Waals surface area contributed by atoms with Crippen molar-refractivity contribution in [3.05, 3.63) is 84.4 Å². The summed E-state index contributed by atoms with van der Waals surface area (Å²) in [7, 11) is -3.64. The zero-order valence-corrected chi connectivity index (χ0v) is 17.0. The molecule has 1 N–H and O–H groups in total. The van der Waals surface area contributed by atoms with Crippen molar-refractivity contribution in [2.24, 2.45) is 0 Å². The molecule has 0 unspecified atom stereocenters. The van der Waals surface area contributed by atoms with E-state index in [-0.39, 0.29) is 6.54 Å². The number of benzene rings is 3. The predicted molar refractivity (Wildman–Crippen MR) is 115 cm³/mol. The van der Waals surface area contributed by atoms with Gasteiger partial charge in [-0.1, -0.05) is 48.0 Å². The number of rotatable bonds is 7. The Kier molecular flexibility index (Phi) is 6.19. The second-order valence-corrected chi connectivity index (χ2v) is 8.47. The zero-order valence-electron chi connectivity index (χ0n) is 16.2. The third-order valence-electron chi connectivity index (χ3n) is 4.14. The summed E-state index contributed by atoms with van der Waals surface area (Å²) in [6, 6.07) is 23.1. The first-order valence-corrected chi connectivity index (χ1v) is 10.8. The maximum Gasteiger partial charge on any atom is 0.245 e. The van der Waals surface area contributed by atoms with Crippen molar-refractivity contribution in [1.82, 2.24) is 0 Å². The molecule has 7 heteroatoms. The molecule has 0 spiro atoms. The number of aryl methyl sites for hydroxylation is 1. The molecule has 0 aliphatic rings. The molecular weight excluding hydrogens is 388 g/mol.